The molecule has 2 aromatic carbocycles. The number of sulfonamides is 1. The molecule has 8 heteroatoms. The second-order valence-electron chi connectivity index (χ2n) is 8.72. The number of alkyl halides is 3. The minimum atomic E-state index is -4.47. The molecule has 2 aliphatic rings. The molecule has 1 aliphatic heterocycles. The molecule has 0 amide bonds. The van der Waals surface area contributed by atoms with Gasteiger partial charge in [-0.3, -0.25) is 0 Å². The van der Waals surface area contributed by atoms with E-state index in [9.17, 15) is 26.7 Å². The second-order valence-corrected chi connectivity index (χ2v) is 11.4. The van der Waals surface area contributed by atoms with Crippen LogP contribution in [0.25, 0.3) is 0 Å². The number of hydrogen-bond donors (Lipinski definition) is 1. The van der Waals surface area contributed by atoms with Crippen molar-refractivity contribution in [2.75, 3.05) is 13.6 Å². The van der Waals surface area contributed by atoms with Gasteiger partial charge in [-0.2, -0.15) is 21.6 Å². The highest BCUT2D eigenvalue weighted by atomic mass is 32.2. The predicted molar refractivity (Wildman–Crippen MR) is 107 cm³/mol. The Bertz CT molecular complexity index is 1100. The lowest BCUT2D eigenvalue weighted by molar-refractivity contribution is -0.830. The van der Waals surface area contributed by atoms with Crippen LogP contribution < -0.4 is 0 Å². The molecule has 1 heterocycles. The summed E-state index contributed by atoms with van der Waals surface area (Å²) in [6.07, 6.45) is -2.81. The standard InChI is InChI=1S/C22H25F3NO3S/c1-14-12-26(2,30(14,28)29)21-10-18-4-3-15(7-19(18)11-21)5-16-6-17(13-27)9-20(8-16)22(23,24)25/h3-4,6-9,14,21,27H,5,10-13H2,1-2H3/q+1/t14?,21-,26?/m0/s1. The molecular weight excluding hydrogens is 415 g/mol. The van der Waals surface area contributed by atoms with Crippen LogP contribution in [0.2, 0.25) is 0 Å². The molecule has 162 valence electrons. The van der Waals surface area contributed by atoms with Crippen molar-refractivity contribution in [2.45, 2.75) is 50.3 Å². The molecule has 0 bridgehead atoms. The Labute approximate surface area is 174 Å². The van der Waals surface area contributed by atoms with E-state index in [0.717, 1.165) is 28.8 Å². The molecule has 0 radical (unpaired) electrons. The first kappa shape index (κ1) is 21.3. The Morgan fingerprint density at radius 2 is 1.70 bits per heavy atom. The third-order valence-corrected chi connectivity index (χ3v) is 9.41. The molecule has 30 heavy (non-hydrogen) atoms. The summed E-state index contributed by atoms with van der Waals surface area (Å²) in [5.74, 6) is 0. The van der Waals surface area contributed by atoms with Crippen molar-refractivity contribution < 1.29 is 30.6 Å². The van der Waals surface area contributed by atoms with Gasteiger partial charge in [-0.1, -0.05) is 24.3 Å². The number of rotatable bonds is 4. The molecule has 0 spiro atoms. The highest BCUT2D eigenvalue weighted by Crippen LogP contribution is 2.40. The number of fused-ring (bicyclic) bond motifs is 1. The highest BCUT2D eigenvalue weighted by Gasteiger charge is 2.59. The average molecular weight is 441 g/mol. The summed E-state index contributed by atoms with van der Waals surface area (Å²) in [5, 5.41) is 9.01. The molecule has 1 aliphatic carbocycles. The Kier molecular flexibility index (Phi) is 5.03. The summed E-state index contributed by atoms with van der Waals surface area (Å²) in [6, 6.07) is 9.50. The zero-order chi connectivity index (χ0) is 21.9. The molecule has 2 aromatic rings. The van der Waals surface area contributed by atoms with E-state index in [0.29, 0.717) is 31.4 Å². The third kappa shape index (κ3) is 3.44. The van der Waals surface area contributed by atoms with Crippen LogP contribution in [0.5, 0.6) is 0 Å². The molecule has 0 aromatic heterocycles. The van der Waals surface area contributed by atoms with Crippen molar-refractivity contribution >= 4 is 10.0 Å². The summed E-state index contributed by atoms with van der Waals surface area (Å²) in [7, 11) is -1.40. The minimum absolute atomic E-state index is 0.0222. The number of aliphatic hydroxyl groups excluding tert-OH is 1. The van der Waals surface area contributed by atoms with E-state index in [2.05, 4.69) is 0 Å². The Hall–Kier alpha value is -1.90. The molecule has 1 saturated heterocycles. The molecule has 2 unspecified atom stereocenters. The normalized spacial score (nSPS) is 27.5. The van der Waals surface area contributed by atoms with Gasteiger partial charge in [0.05, 0.1) is 19.2 Å². The lowest BCUT2D eigenvalue weighted by Crippen LogP contribution is -2.71. The summed E-state index contributed by atoms with van der Waals surface area (Å²) in [6.45, 7) is 1.90. The Morgan fingerprint density at radius 3 is 2.30 bits per heavy atom. The monoisotopic (exact) mass is 440 g/mol. The summed E-state index contributed by atoms with van der Waals surface area (Å²) < 4.78 is 64.6. The van der Waals surface area contributed by atoms with Gasteiger partial charge < -0.3 is 5.11 Å². The highest BCUT2D eigenvalue weighted by molar-refractivity contribution is 7.87. The maximum absolute atomic E-state index is 13.2. The lowest BCUT2D eigenvalue weighted by atomic mass is 9.97. The molecule has 1 N–H and O–H groups in total. The van der Waals surface area contributed by atoms with Gasteiger partial charge in [0.2, 0.25) is 0 Å². The zero-order valence-electron chi connectivity index (χ0n) is 16.9. The number of benzene rings is 2. The molecular formula is C22H25F3NO3S+. The summed E-state index contributed by atoms with van der Waals surface area (Å²) in [5.41, 5.74) is 3.01. The van der Waals surface area contributed by atoms with Gasteiger partial charge in [-0.15, -0.1) is 0 Å². The van der Waals surface area contributed by atoms with Gasteiger partial charge in [0.25, 0.3) is 0 Å². The van der Waals surface area contributed by atoms with E-state index in [1.54, 1.807) is 20.0 Å². The van der Waals surface area contributed by atoms with Gasteiger partial charge in [0, 0.05) is 12.8 Å². The van der Waals surface area contributed by atoms with Crippen LogP contribution in [0.15, 0.2) is 36.4 Å². The van der Waals surface area contributed by atoms with E-state index in [4.69, 9.17) is 0 Å². The first-order valence-electron chi connectivity index (χ1n) is 9.95. The maximum atomic E-state index is 13.2. The number of nitrogens with zero attached hydrogens (tertiary/aromatic N) is 1. The number of likely N-dealkylation sites (N-methyl/N-ethyl adjacent to an activating group) is 1. The first-order chi connectivity index (χ1) is 13.9. The zero-order valence-corrected chi connectivity index (χ0v) is 17.7. The van der Waals surface area contributed by atoms with Crippen molar-refractivity contribution in [2.24, 2.45) is 0 Å². The predicted octanol–water partition coefficient (Wildman–Crippen LogP) is 3.43. The minimum Gasteiger partial charge on any atom is -0.392 e. The van der Waals surface area contributed by atoms with Crippen molar-refractivity contribution in [1.29, 1.82) is 0 Å². The van der Waals surface area contributed by atoms with E-state index in [-0.39, 0.29) is 20.7 Å². The average Bonchev–Trinajstić information content (AvgIpc) is 3.10. The fourth-order valence-electron chi connectivity index (χ4n) is 4.89. The number of quaternary nitrogens is 1. The summed E-state index contributed by atoms with van der Waals surface area (Å²) >= 11 is 0. The fourth-order valence-corrected chi connectivity index (χ4v) is 6.95. The summed E-state index contributed by atoms with van der Waals surface area (Å²) in [4.78, 5) is 0. The van der Waals surface area contributed by atoms with Crippen LogP contribution in [0, 0.1) is 0 Å². The van der Waals surface area contributed by atoms with Crippen LogP contribution >= 0.6 is 0 Å². The van der Waals surface area contributed by atoms with E-state index < -0.39 is 28.4 Å². The number of hydrogen-bond acceptors (Lipinski definition) is 3. The quantitative estimate of drug-likeness (QED) is 0.742. The largest absolute Gasteiger partial charge is 0.416 e. The van der Waals surface area contributed by atoms with Gasteiger partial charge >= 0.3 is 16.2 Å². The van der Waals surface area contributed by atoms with E-state index >= 15 is 0 Å². The SMILES string of the molecule is CC1C[N+](C)([C@H]2Cc3ccc(Cc4cc(CO)cc(C(F)(F)F)c4)cc3C2)S1(=O)=O. The van der Waals surface area contributed by atoms with E-state index in [1.807, 2.05) is 18.2 Å². The van der Waals surface area contributed by atoms with Crippen LogP contribution in [-0.4, -0.2) is 42.3 Å². The van der Waals surface area contributed by atoms with Gasteiger partial charge in [0.15, 0.2) is 5.25 Å². The van der Waals surface area contributed by atoms with Crippen LogP contribution in [0.1, 0.15) is 40.3 Å². The van der Waals surface area contributed by atoms with Crippen LogP contribution in [0.4, 0.5) is 13.2 Å². The maximum Gasteiger partial charge on any atom is 0.416 e. The fraction of sp³-hybridized carbons (Fsp3) is 0.455. The molecule has 1 fully saturated rings. The van der Waals surface area contributed by atoms with E-state index in [1.165, 1.54) is 0 Å². The number of aliphatic hydroxyl groups is 1. The van der Waals surface area contributed by atoms with Crippen LogP contribution in [0.3, 0.4) is 0 Å². The molecule has 3 atom stereocenters. The topological polar surface area (TPSA) is 54.4 Å². The van der Waals surface area contributed by atoms with Gasteiger partial charge in [-0.05, 0) is 53.3 Å². The van der Waals surface area contributed by atoms with Crippen LogP contribution in [-0.2, 0) is 42.1 Å². The van der Waals surface area contributed by atoms with Crippen molar-refractivity contribution in [3.05, 3.63) is 69.8 Å². The Balaban J connectivity index is 1.57. The molecule has 0 saturated carbocycles. The number of halogens is 3. The Morgan fingerprint density at radius 1 is 1.03 bits per heavy atom. The van der Waals surface area contributed by atoms with Gasteiger partial charge in [-0.25, -0.2) is 3.89 Å². The van der Waals surface area contributed by atoms with Gasteiger partial charge in [0.1, 0.15) is 12.6 Å². The molecule has 4 nitrogen and oxygen atoms in total. The first-order valence-corrected chi connectivity index (χ1v) is 11.4. The second kappa shape index (κ2) is 7.07. The van der Waals surface area contributed by atoms with Crippen molar-refractivity contribution in [1.82, 2.24) is 0 Å². The smallest absolute Gasteiger partial charge is 0.392 e. The van der Waals surface area contributed by atoms with Crippen molar-refractivity contribution in [3.8, 4) is 0 Å². The van der Waals surface area contributed by atoms with Crippen molar-refractivity contribution in [3.63, 3.8) is 0 Å². The third-order valence-electron chi connectivity index (χ3n) is 6.63. The molecule has 4 rings (SSSR count). The lowest BCUT2D eigenvalue weighted by Gasteiger charge is -2.48.